The molecule has 2 aliphatic heterocycles. The SMILES string of the molecule is CCCOc1cccc(C2/C(=C(\O)c3ccc4c(c3)OCCO4)C(=O)C(=O)N2c2nnc(SCc3ccc(Cl)cc3Cl)s2)c1. The van der Waals surface area contributed by atoms with Crippen molar-refractivity contribution in [2.75, 3.05) is 24.7 Å². The van der Waals surface area contributed by atoms with Crippen LogP contribution >= 0.6 is 46.3 Å². The Bertz CT molecular complexity index is 1780. The van der Waals surface area contributed by atoms with Crippen molar-refractivity contribution in [3.63, 3.8) is 0 Å². The first-order valence-electron chi connectivity index (χ1n) is 13.7. The van der Waals surface area contributed by atoms with Gasteiger partial charge in [0.05, 0.1) is 18.2 Å². The average molecular weight is 671 g/mol. The van der Waals surface area contributed by atoms with Crippen LogP contribution in [0.3, 0.4) is 0 Å². The number of halogens is 2. The smallest absolute Gasteiger partial charge is 0.301 e. The Labute approximate surface area is 271 Å². The molecule has 226 valence electrons. The molecule has 0 spiro atoms. The molecule has 44 heavy (non-hydrogen) atoms. The molecule has 0 radical (unpaired) electrons. The van der Waals surface area contributed by atoms with E-state index in [1.165, 1.54) is 16.7 Å². The quantitative estimate of drug-likeness (QED) is 0.0644. The number of hydrogen-bond acceptors (Lipinski definition) is 10. The van der Waals surface area contributed by atoms with Gasteiger partial charge in [-0.2, -0.15) is 0 Å². The van der Waals surface area contributed by atoms with Crippen LogP contribution in [0.25, 0.3) is 5.76 Å². The Balaban J connectivity index is 1.39. The molecule has 1 saturated heterocycles. The number of benzene rings is 3. The third kappa shape index (κ3) is 6.10. The van der Waals surface area contributed by atoms with Crippen LogP contribution in [0, 0.1) is 0 Å². The van der Waals surface area contributed by atoms with E-state index in [0.29, 0.717) is 68.3 Å². The number of aromatic nitrogens is 2. The van der Waals surface area contributed by atoms with E-state index in [-0.39, 0.29) is 16.5 Å². The molecule has 1 amide bonds. The predicted octanol–water partition coefficient (Wildman–Crippen LogP) is 7.32. The number of carbonyl (C=O) groups excluding carboxylic acids is 2. The van der Waals surface area contributed by atoms with E-state index in [1.54, 1.807) is 54.6 Å². The lowest BCUT2D eigenvalue weighted by Crippen LogP contribution is -2.29. The van der Waals surface area contributed by atoms with Gasteiger partial charge in [0, 0.05) is 21.4 Å². The molecular formula is C31H25Cl2N3O6S2. The van der Waals surface area contributed by atoms with Gasteiger partial charge in [-0.05, 0) is 60.0 Å². The fourth-order valence-corrected chi connectivity index (χ4v) is 7.25. The van der Waals surface area contributed by atoms with Crippen LogP contribution in [0.5, 0.6) is 17.2 Å². The zero-order chi connectivity index (χ0) is 30.8. The van der Waals surface area contributed by atoms with E-state index in [2.05, 4.69) is 10.2 Å². The summed E-state index contributed by atoms with van der Waals surface area (Å²) in [5.74, 6) is 0.0131. The van der Waals surface area contributed by atoms with Gasteiger partial charge in [0.25, 0.3) is 5.78 Å². The van der Waals surface area contributed by atoms with E-state index in [1.807, 2.05) is 13.0 Å². The van der Waals surface area contributed by atoms with Crippen molar-refractivity contribution in [3.8, 4) is 17.2 Å². The highest BCUT2D eigenvalue weighted by Gasteiger charge is 2.48. The molecule has 6 rings (SSSR count). The summed E-state index contributed by atoms with van der Waals surface area (Å²) < 4.78 is 17.7. The van der Waals surface area contributed by atoms with Gasteiger partial charge in [0.15, 0.2) is 15.8 Å². The van der Waals surface area contributed by atoms with Crippen molar-refractivity contribution in [1.82, 2.24) is 10.2 Å². The lowest BCUT2D eigenvalue weighted by atomic mass is 9.95. The predicted molar refractivity (Wildman–Crippen MR) is 170 cm³/mol. The molecule has 13 heteroatoms. The molecular weight excluding hydrogens is 645 g/mol. The normalized spacial score (nSPS) is 17.2. The summed E-state index contributed by atoms with van der Waals surface area (Å²) in [7, 11) is 0. The molecule has 0 saturated carbocycles. The fraction of sp³-hybridized carbons (Fsp3) is 0.226. The minimum atomic E-state index is -0.995. The lowest BCUT2D eigenvalue weighted by molar-refractivity contribution is -0.132. The van der Waals surface area contributed by atoms with Crippen LogP contribution in [0.1, 0.15) is 36.1 Å². The number of aliphatic hydroxyl groups is 1. The van der Waals surface area contributed by atoms with Crippen LogP contribution in [0.2, 0.25) is 10.0 Å². The highest BCUT2D eigenvalue weighted by Crippen LogP contribution is 2.45. The molecule has 1 aromatic heterocycles. The number of aliphatic hydroxyl groups excluding tert-OH is 1. The largest absolute Gasteiger partial charge is 0.507 e. The zero-order valence-corrected chi connectivity index (χ0v) is 26.4. The third-order valence-corrected chi connectivity index (χ3v) is 9.57. The van der Waals surface area contributed by atoms with Crippen LogP contribution in [0.15, 0.2) is 70.6 Å². The van der Waals surface area contributed by atoms with E-state index < -0.39 is 17.7 Å². The number of thioether (sulfide) groups is 1. The van der Waals surface area contributed by atoms with E-state index in [4.69, 9.17) is 37.4 Å². The minimum absolute atomic E-state index is 0.0864. The average Bonchev–Trinajstić information content (AvgIpc) is 3.60. The maximum Gasteiger partial charge on any atom is 0.301 e. The molecule has 1 unspecified atom stereocenters. The van der Waals surface area contributed by atoms with E-state index in [0.717, 1.165) is 23.3 Å². The summed E-state index contributed by atoms with van der Waals surface area (Å²) in [4.78, 5) is 28.6. The number of Topliss-reactive ketones (excluding diaryl/α,β-unsaturated/α-hetero) is 1. The first kappa shape index (κ1) is 30.3. The number of anilines is 1. The van der Waals surface area contributed by atoms with E-state index >= 15 is 0 Å². The summed E-state index contributed by atoms with van der Waals surface area (Å²) in [6.45, 7) is 3.26. The first-order valence-corrected chi connectivity index (χ1v) is 16.2. The van der Waals surface area contributed by atoms with Crippen molar-refractivity contribution in [2.24, 2.45) is 0 Å². The second-order valence-corrected chi connectivity index (χ2v) is 12.8. The van der Waals surface area contributed by atoms with Gasteiger partial charge >= 0.3 is 5.91 Å². The molecule has 0 aliphatic carbocycles. The molecule has 9 nitrogen and oxygen atoms in total. The van der Waals surface area contributed by atoms with Crippen molar-refractivity contribution in [2.45, 2.75) is 29.5 Å². The first-order chi connectivity index (χ1) is 21.3. The van der Waals surface area contributed by atoms with Gasteiger partial charge in [-0.25, -0.2) is 0 Å². The van der Waals surface area contributed by atoms with E-state index in [9.17, 15) is 14.7 Å². The Morgan fingerprint density at radius 3 is 2.68 bits per heavy atom. The summed E-state index contributed by atoms with van der Waals surface area (Å²) in [6, 6.07) is 16.3. The maximum atomic E-state index is 13.6. The highest BCUT2D eigenvalue weighted by atomic mass is 35.5. The second-order valence-electron chi connectivity index (χ2n) is 9.82. The summed E-state index contributed by atoms with van der Waals surface area (Å²) >= 11 is 14.9. The lowest BCUT2D eigenvalue weighted by Gasteiger charge is -2.23. The minimum Gasteiger partial charge on any atom is -0.507 e. The Morgan fingerprint density at radius 1 is 1.07 bits per heavy atom. The number of ether oxygens (including phenoxy) is 3. The summed E-state index contributed by atoms with van der Waals surface area (Å²) in [6.07, 6.45) is 0.805. The molecule has 2 aliphatic rings. The topological polar surface area (TPSA) is 111 Å². The summed E-state index contributed by atoms with van der Waals surface area (Å²) in [5, 5.41) is 21.4. The Kier molecular flexibility index (Phi) is 8.99. The molecule has 0 bridgehead atoms. The molecule has 3 aromatic carbocycles. The van der Waals surface area contributed by atoms with Crippen molar-refractivity contribution >= 4 is 68.9 Å². The number of amides is 1. The number of rotatable bonds is 9. The van der Waals surface area contributed by atoms with Crippen LogP contribution in [-0.2, 0) is 15.3 Å². The Hall–Kier alpha value is -3.77. The molecule has 1 N–H and O–H groups in total. The molecule has 4 aromatic rings. The molecule has 1 fully saturated rings. The standard InChI is InChI=1S/C31H25Cl2N3O6S2/c1-2-10-40-21-5-3-4-17(13-21)26-25(27(37)18-7-9-23-24(14-18)42-12-11-41-23)28(38)29(39)36(26)30-34-35-31(44-30)43-16-19-6-8-20(32)15-22(19)33/h3-9,13-15,26,37H,2,10-12,16H2,1H3/b27-25+. The number of carbonyl (C=O) groups is 2. The van der Waals surface area contributed by atoms with Gasteiger partial charge in [-0.3, -0.25) is 14.5 Å². The van der Waals surface area contributed by atoms with Crippen LogP contribution in [-0.4, -0.2) is 46.8 Å². The number of hydrogen-bond donors (Lipinski definition) is 1. The van der Waals surface area contributed by atoms with Crippen molar-refractivity contribution in [1.29, 1.82) is 0 Å². The number of ketones is 1. The number of fused-ring (bicyclic) bond motifs is 1. The maximum absolute atomic E-state index is 13.6. The van der Waals surface area contributed by atoms with Crippen molar-refractivity contribution < 1.29 is 28.9 Å². The van der Waals surface area contributed by atoms with Crippen molar-refractivity contribution in [3.05, 3.63) is 93.0 Å². The van der Waals surface area contributed by atoms with Crippen LogP contribution < -0.4 is 19.1 Å². The monoisotopic (exact) mass is 669 g/mol. The number of nitrogens with zero attached hydrogens (tertiary/aromatic N) is 3. The molecule has 3 heterocycles. The van der Waals surface area contributed by atoms with Crippen LogP contribution in [0.4, 0.5) is 5.13 Å². The Morgan fingerprint density at radius 2 is 1.89 bits per heavy atom. The zero-order valence-electron chi connectivity index (χ0n) is 23.3. The highest BCUT2D eigenvalue weighted by molar-refractivity contribution is 8.00. The van der Waals surface area contributed by atoms with Gasteiger partial charge in [-0.15, -0.1) is 10.2 Å². The fourth-order valence-electron chi connectivity index (χ4n) is 4.82. The second kappa shape index (κ2) is 13.1. The summed E-state index contributed by atoms with van der Waals surface area (Å²) in [5.41, 5.74) is 1.65. The van der Waals surface area contributed by atoms with Gasteiger partial charge in [-0.1, -0.05) is 71.4 Å². The van der Waals surface area contributed by atoms with Gasteiger partial charge < -0.3 is 19.3 Å². The van der Waals surface area contributed by atoms with Gasteiger partial charge in [0.1, 0.15) is 24.7 Å². The third-order valence-electron chi connectivity index (χ3n) is 6.87. The van der Waals surface area contributed by atoms with Gasteiger partial charge in [0.2, 0.25) is 5.13 Å². The molecule has 1 atom stereocenters.